The van der Waals surface area contributed by atoms with Gasteiger partial charge in [-0.15, -0.1) is 0 Å². The van der Waals surface area contributed by atoms with Gasteiger partial charge in [0.15, 0.2) is 5.16 Å². The molecular formula is C6H12O5P. The van der Waals surface area contributed by atoms with Crippen molar-refractivity contribution in [3.8, 4) is 0 Å². The van der Waals surface area contributed by atoms with Crippen LogP contribution >= 0.6 is 7.60 Å². The van der Waals surface area contributed by atoms with Gasteiger partial charge in [-0.1, -0.05) is 13.8 Å². The third kappa shape index (κ3) is 1.68. The molecule has 12 heavy (non-hydrogen) atoms. The summed E-state index contributed by atoms with van der Waals surface area (Å²) in [6.07, 6.45) is -0.258. The Kier molecular flexibility index (Phi) is 3.45. The number of carbonyl (C=O) groups excluding carboxylic acids is 1. The first kappa shape index (κ1) is 11.6. The van der Waals surface area contributed by atoms with Gasteiger partial charge in [-0.3, -0.25) is 4.57 Å². The largest absolute Gasteiger partial charge is 0.373 e. The molecule has 0 unspecified atom stereocenters. The van der Waals surface area contributed by atoms with Crippen molar-refractivity contribution in [2.75, 3.05) is 0 Å². The third-order valence-corrected chi connectivity index (χ3v) is 4.04. The van der Waals surface area contributed by atoms with Crippen LogP contribution in [-0.4, -0.2) is 20.9 Å². The Morgan fingerprint density at radius 1 is 1.33 bits per heavy atom. The van der Waals surface area contributed by atoms with Crippen molar-refractivity contribution in [3.63, 3.8) is 0 Å². The van der Waals surface area contributed by atoms with Crippen LogP contribution in [-0.2, 0) is 14.5 Å². The van der Waals surface area contributed by atoms with Crippen LogP contribution in [0, 0.1) is 0 Å². The first-order valence-electron chi connectivity index (χ1n) is 3.59. The Bertz CT molecular complexity index is 214. The maximum absolute atomic E-state index is 10.8. The van der Waals surface area contributed by atoms with Gasteiger partial charge in [0, 0.05) is 0 Å². The molecule has 0 aromatic heterocycles. The molecule has 1 radical (unpaired) electrons. The second kappa shape index (κ2) is 3.56. The molecule has 0 aromatic carbocycles. The summed E-state index contributed by atoms with van der Waals surface area (Å²) in [5.74, 6) is -1.68. The van der Waals surface area contributed by atoms with Crippen molar-refractivity contribution >= 4 is 13.6 Å². The minimum Gasteiger partial charge on any atom is -0.324 e. The topological polar surface area (TPSA) is 94.5 Å². The van der Waals surface area contributed by atoms with Crippen molar-refractivity contribution in [2.45, 2.75) is 31.8 Å². The highest BCUT2D eigenvalue weighted by Crippen LogP contribution is 2.54. The molecule has 0 rings (SSSR count). The molecule has 0 amide bonds. The molecule has 5 nitrogen and oxygen atoms in total. The van der Waals surface area contributed by atoms with E-state index in [1.165, 1.54) is 13.8 Å². The van der Waals surface area contributed by atoms with Gasteiger partial charge in [0.25, 0.3) is 0 Å². The van der Waals surface area contributed by atoms with Crippen LogP contribution in [0.15, 0.2) is 0 Å². The lowest BCUT2D eigenvalue weighted by Crippen LogP contribution is -2.36. The molecule has 0 aliphatic carbocycles. The standard InChI is InChI=1S/C6H12O5P/c1-3-6(4-2,5(7)8)12(9,10)11/h3-4H2,1-2H3,(H2,9,10,11). The maximum atomic E-state index is 10.8. The lowest BCUT2D eigenvalue weighted by Gasteiger charge is -2.25. The zero-order valence-corrected chi connectivity index (χ0v) is 7.88. The van der Waals surface area contributed by atoms with Gasteiger partial charge in [0.05, 0.1) is 0 Å². The van der Waals surface area contributed by atoms with E-state index in [-0.39, 0.29) is 12.8 Å². The van der Waals surface area contributed by atoms with E-state index in [0.717, 1.165) is 0 Å². The van der Waals surface area contributed by atoms with Crippen molar-refractivity contribution in [1.82, 2.24) is 0 Å². The minimum atomic E-state index is -4.62. The highest BCUT2D eigenvalue weighted by molar-refractivity contribution is 7.54. The van der Waals surface area contributed by atoms with Gasteiger partial charge < -0.3 is 9.79 Å². The van der Waals surface area contributed by atoms with Crippen LogP contribution in [0.3, 0.4) is 0 Å². The number of rotatable bonds is 4. The molecular weight excluding hydrogens is 183 g/mol. The van der Waals surface area contributed by atoms with Crippen molar-refractivity contribution in [2.24, 2.45) is 0 Å². The first-order chi connectivity index (χ1) is 5.31. The normalized spacial score (nSPS) is 13.0. The minimum absolute atomic E-state index is 0.129. The predicted molar refractivity (Wildman–Crippen MR) is 41.1 cm³/mol. The van der Waals surface area contributed by atoms with Crippen LogP contribution in [0.5, 0.6) is 0 Å². The van der Waals surface area contributed by atoms with E-state index in [0.29, 0.717) is 0 Å². The number of hydrogen-bond acceptors (Lipinski definition) is 2. The zero-order valence-electron chi connectivity index (χ0n) is 6.98. The van der Waals surface area contributed by atoms with Gasteiger partial charge in [0.2, 0.25) is 0 Å². The monoisotopic (exact) mass is 195 g/mol. The van der Waals surface area contributed by atoms with Crippen LogP contribution in [0.2, 0.25) is 0 Å². The summed E-state index contributed by atoms with van der Waals surface area (Å²) < 4.78 is 10.8. The zero-order chi connectivity index (χ0) is 9.99. The highest BCUT2D eigenvalue weighted by Gasteiger charge is 2.52. The second-order valence-corrected chi connectivity index (χ2v) is 4.51. The lowest BCUT2D eigenvalue weighted by molar-refractivity contribution is -0.147. The summed E-state index contributed by atoms with van der Waals surface area (Å²) in [7, 11) is -4.62. The second-order valence-electron chi connectivity index (χ2n) is 2.57. The maximum Gasteiger partial charge on any atom is 0.373 e. The molecule has 0 fully saturated rings. The Morgan fingerprint density at radius 3 is 1.67 bits per heavy atom. The van der Waals surface area contributed by atoms with Crippen molar-refractivity contribution in [1.29, 1.82) is 0 Å². The Morgan fingerprint density at radius 2 is 1.67 bits per heavy atom. The summed E-state index contributed by atoms with van der Waals surface area (Å²) >= 11 is 0. The van der Waals surface area contributed by atoms with E-state index in [1.807, 2.05) is 0 Å². The fourth-order valence-electron chi connectivity index (χ4n) is 1.07. The van der Waals surface area contributed by atoms with Crippen LogP contribution < -0.4 is 0 Å². The number of hydrogen-bond donors (Lipinski definition) is 2. The quantitative estimate of drug-likeness (QED) is 0.645. The molecule has 0 heterocycles. The fourth-order valence-corrected chi connectivity index (χ4v) is 2.13. The van der Waals surface area contributed by atoms with E-state index < -0.39 is 18.7 Å². The smallest absolute Gasteiger partial charge is 0.324 e. The SMILES string of the molecule is CCC(CC)(C([O])=O)P(=O)(O)O. The number of carbonyl (C=O) groups is 1. The van der Waals surface area contributed by atoms with Crippen molar-refractivity contribution < 1.29 is 24.3 Å². The average Bonchev–Trinajstić information content (AvgIpc) is 1.87. The summed E-state index contributed by atoms with van der Waals surface area (Å²) in [6, 6.07) is 0. The van der Waals surface area contributed by atoms with Gasteiger partial charge in [0.1, 0.15) is 0 Å². The Hall–Kier alpha value is -0.380. The van der Waals surface area contributed by atoms with Crippen molar-refractivity contribution in [3.05, 3.63) is 0 Å². The summed E-state index contributed by atoms with van der Waals surface area (Å²) in [5.41, 5.74) is 0. The lowest BCUT2D eigenvalue weighted by atomic mass is 10.0. The van der Waals surface area contributed by atoms with Crippen LogP contribution in [0.25, 0.3) is 0 Å². The molecule has 0 saturated heterocycles. The fraction of sp³-hybridized carbons (Fsp3) is 0.833. The molecule has 0 atom stereocenters. The van der Waals surface area contributed by atoms with E-state index in [9.17, 15) is 14.5 Å². The van der Waals surface area contributed by atoms with E-state index in [1.54, 1.807) is 0 Å². The van der Waals surface area contributed by atoms with Gasteiger partial charge in [-0.05, 0) is 12.8 Å². The average molecular weight is 195 g/mol. The van der Waals surface area contributed by atoms with Gasteiger partial charge in [-0.25, -0.2) is 9.90 Å². The summed E-state index contributed by atoms with van der Waals surface area (Å²) in [4.78, 5) is 28.1. The molecule has 0 aliphatic heterocycles. The van der Waals surface area contributed by atoms with E-state index in [4.69, 9.17) is 9.79 Å². The molecule has 2 N–H and O–H groups in total. The van der Waals surface area contributed by atoms with Crippen LogP contribution in [0.1, 0.15) is 26.7 Å². The molecule has 71 valence electrons. The molecule has 0 spiro atoms. The Balaban J connectivity index is 5.12. The first-order valence-corrected chi connectivity index (χ1v) is 5.20. The summed E-state index contributed by atoms with van der Waals surface area (Å²) in [5, 5.41) is 8.52. The van der Waals surface area contributed by atoms with E-state index >= 15 is 0 Å². The van der Waals surface area contributed by atoms with Crippen LogP contribution in [0.4, 0.5) is 0 Å². The highest BCUT2D eigenvalue weighted by atomic mass is 31.2. The Labute approximate surface area is 70.6 Å². The van der Waals surface area contributed by atoms with Gasteiger partial charge in [-0.2, -0.15) is 0 Å². The molecule has 0 saturated carbocycles. The molecule has 0 bridgehead atoms. The third-order valence-electron chi connectivity index (χ3n) is 2.11. The summed E-state index contributed by atoms with van der Waals surface area (Å²) in [6.45, 7) is 2.83. The van der Waals surface area contributed by atoms with E-state index in [2.05, 4.69) is 0 Å². The molecule has 0 aliphatic rings. The predicted octanol–water partition coefficient (Wildman–Crippen LogP) is 0.680. The molecule has 6 heteroatoms. The van der Waals surface area contributed by atoms with Gasteiger partial charge >= 0.3 is 13.6 Å². The molecule has 0 aromatic rings.